The van der Waals surface area contributed by atoms with Crippen LogP contribution in [0.2, 0.25) is 0 Å². The van der Waals surface area contributed by atoms with Crippen molar-refractivity contribution in [3.05, 3.63) is 11.4 Å². The van der Waals surface area contributed by atoms with Gasteiger partial charge in [0.15, 0.2) is 0 Å². The van der Waals surface area contributed by atoms with Crippen molar-refractivity contribution in [1.29, 1.82) is 0 Å². The Morgan fingerprint density at radius 1 is 1.50 bits per heavy atom. The number of hydrogen-bond acceptors (Lipinski definition) is 4. The summed E-state index contributed by atoms with van der Waals surface area (Å²) in [6, 6.07) is 0. The molecule has 1 saturated heterocycles. The summed E-state index contributed by atoms with van der Waals surface area (Å²) in [6.07, 6.45) is 3.02. The van der Waals surface area contributed by atoms with E-state index >= 15 is 0 Å². The molecule has 1 aliphatic heterocycles. The lowest BCUT2D eigenvalue weighted by atomic mass is 10.0. The largest absolute Gasteiger partial charge is 0.381 e. The van der Waals surface area contributed by atoms with Crippen molar-refractivity contribution in [2.75, 3.05) is 19.8 Å². The van der Waals surface area contributed by atoms with Crippen LogP contribution < -0.4 is 5.73 Å². The van der Waals surface area contributed by atoms with Crippen LogP contribution in [0.4, 0.5) is 0 Å². The van der Waals surface area contributed by atoms with Gasteiger partial charge >= 0.3 is 0 Å². The number of nitrogens with zero attached hydrogens (tertiary/aromatic N) is 3. The summed E-state index contributed by atoms with van der Waals surface area (Å²) in [6.45, 7) is 7.69. The van der Waals surface area contributed by atoms with Crippen molar-refractivity contribution in [1.82, 2.24) is 15.0 Å². The van der Waals surface area contributed by atoms with E-state index in [1.807, 2.05) is 0 Å². The van der Waals surface area contributed by atoms with Crippen molar-refractivity contribution >= 4 is 0 Å². The quantitative estimate of drug-likeness (QED) is 0.829. The first kappa shape index (κ1) is 13.5. The molecule has 1 atom stereocenters. The molecule has 0 amide bonds. The molecule has 2 N–H and O–H groups in total. The summed E-state index contributed by atoms with van der Waals surface area (Å²) in [7, 11) is 0. The second-order valence-electron chi connectivity index (χ2n) is 5.43. The minimum absolute atomic E-state index is 0.453. The molecule has 0 bridgehead atoms. The second kappa shape index (κ2) is 6.29. The van der Waals surface area contributed by atoms with E-state index in [0.29, 0.717) is 18.4 Å². The Hall–Kier alpha value is -0.940. The number of aryl methyl sites for hydroxylation is 1. The summed E-state index contributed by atoms with van der Waals surface area (Å²) in [4.78, 5) is 0. The van der Waals surface area contributed by atoms with Crippen molar-refractivity contribution in [3.63, 3.8) is 0 Å². The lowest BCUT2D eigenvalue weighted by molar-refractivity contribution is 0.192. The van der Waals surface area contributed by atoms with Gasteiger partial charge in [-0.2, -0.15) is 0 Å². The smallest absolute Gasteiger partial charge is 0.0875 e. The topological polar surface area (TPSA) is 66.0 Å². The van der Waals surface area contributed by atoms with Crippen LogP contribution >= 0.6 is 0 Å². The summed E-state index contributed by atoms with van der Waals surface area (Å²) < 4.78 is 7.57. The molecule has 0 spiro atoms. The van der Waals surface area contributed by atoms with Crippen LogP contribution in [0, 0.1) is 5.92 Å². The Bertz CT molecular complexity index is 369. The molecular formula is C13H24N4O. The SMILES string of the molecule is CC(C)CCn1nnc(CCN)c1C1CCOC1. The Morgan fingerprint density at radius 2 is 2.33 bits per heavy atom. The second-order valence-corrected chi connectivity index (χ2v) is 5.43. The summed E-state index contributed by atoms with van der Waals surface area (Å²) in [5, 5.41) is 8.61. The van der Waals surface area contributed by atoms with Gasteiger partial charge in [0.1, 0.15) is 0 Å². The normalized spacial score (nSPS) is 19.9. The van der Waals surface area contributed by atoms with Gasteiger partial charge in [0.2, 0.25) is 0 Å². The Kier molecular flexibility index (Phi) is 4.72. The molecule has 0 aliphatic carbocycles. The van der Waals surface area contributed by atoms with Gasteiger partial charge in [-0.1, -0.05) is 19.1 Å². The lowest BCUT2D eigenvalue weighted by Crippen LogP contribution is -2.14. The van der Waals surface area contributed by atoms with E-state index in [0.717, 1.165) is 44.7 Å². The molecule has 1 fully saturated rings. The van der Waals surface area contributed by atoms with Gasteiger partial charge in [-0.05, 0) is 25.3 Å². The van der Waals surface area contributed by atoms with Crippen molar-refractivity contribution < 1.29 is 4.74 Å². The fourth-order valence-electron chi connectivity index (χ4n) is 2.41. The van der Waals surface area contributed by atoms with Crippen LogP contribution in [-0.4, -0.2) is 34.8 Å². The van der Waals surface area contributed by atoms with E-state index in [9.17, 15) is 0 Å². The summed E-state index contributed by atoms with van der Waals surface area (Å²) in [5.74, 6) is 1.13. The number of nitrogens with two attached hydrogens (primary N) is 1. The fraction of sp³-hybridized carbons (Fsp3) is 0.846. The number of hydrogen-bond donors (Lipinski definition) is 1. The highest BCUT2D eigenvalue weighted by Crippen LogP contribution is 2.27. The molecule has 5 heteroatoms. The molecular weight excluding hydrogens is 228 g/mol. The monoisotopic (exact) mass is 252 g/mol. The third kappa shape index (κ3) is 3.09. The fourth-order valence-corrected chi connectivity index (χ4v) is 2.41. The molecule has 2 rings (SSSR count). The van der Waals surface area contributed by atoms with Crippen LogP contribution in [0.3, 0.4) is 0 Å². The van der Waals surface area contributed by atoms with E-state index in [2.05, 4.69) is 28.8 Å². The number of ether oxygens (including phenoxy) is 1. The van der Waals surface area contributed by atoms with Crippen molar-refractivity contribution in [2.45, 2.75) is 45.6 Å². The molecule has 0 saturated carbocycles. The highest BCUT2D eigenvalue weighted by atomic mass is 16.5. The molecule has 5 nitrogen and oxygen atoms in total. The van der Waals surface area contributed by atoms with Gasteiger partial charge < -0.3 is 10.5 Å². The zero-order valence-electron chi connectivity index (χ0n) is 11.4. The van der Waals surface area contributed by atoms with E-state index in [1.54, 1.807) is 0 Å². The molecule has 0 aromatic carbocycles. The van der Waals surface area contributed by atoms with E-state index in [4.69, 9.17) is 10.5 Å². The van der Waals surface area contributed by atoms with E-state index in [1.165, 1.54) is 5.69 Å². The first-order valence-electron chi connectivity index (χ1n) is 6.92. The van der Waals surface area contributed by atoms with Crippen LogP contribution in [0.25, 0.3) is 0 Å². The van der Waals surface area contributed by atoms with Crippen LogP contribution in [0.5, 0.6) is 0 Å². The molecule has 1 aromatic rings. The molecule has 2 heterocycles. The maximum atomic E-state index is 5.65. The van der Waals surface area contributed by atoms with Crippen LogP contribution in [0.15, 0.2) is 0 Å². The van der Waals surface area contributed by atoms with E-state index < -0.39 is 0 Å². The molecule has 102 valence electrons. The average Bonchev–Trinajstić information content (AvgIpc) is 2.95. The van der Waals surface area contributed by atoms with Gasteiger partial charge in [0.25, 0.3) is 0 Å². The standard InChI is InChI=1S/C13H24N4O/c1-10(2)4-7-17-13(11-5-8-18-9-11)12(3-6-14)15-16-17/h10-11H,3-9,14H2,1-2H3. The zero-order valence-corrected chi connectivity index (χ0v) is 11.4. The Labute approximate surface area is 109 Å². The van der Waals surface area contributed by atoms with Gasteiger partial charge in [0, 0.05) is 25.5 Å². The molecule has 1 unspecified atom stereocenters. The minimum atomic E-state index is 0.453. The highest BCUT2D eigenvalue weighted by Gasteiger charge is 2.25. The first-order chi connectivity index (χ1) is 8.72. The number of aromatic nitrogens is 3. The number of rotatable bonds is 6. The van der Waals surface area contributed by atoms with E-state index in [-0.39, 0.29) is 0 Å². The minimum Gasteiger partial charge on any atom is -0.381 e. The van der Waals surface area contributed by atoms with Gasteiger partial charge in [-0.25, -0.2) is 4.68 Å². The first-order valence-corrected chi connectivity index (χ1v) is 6.92. The van der Waals surface area contributed by atoms with Crippen LogP contribution in [-0.2, 0) is 17.7 Å². The van der Waals surface area contributed by atoms with Crippen molar-refractivity contribution in [3.8, 4) is 0 Å². The maximum Gasteiger partial charge on any atom is 0.0875 e. The maximum absolute atomic E-state index is 5.65. The zero-order chi connectivity index (χ0) is 13.0. The predicted molar refractivity (Wildman–Crippen MR) is 70.4 cm³/mol. The summed E-state index contributed by atoms with van der Waals surface area (Å²) >= 11 is 0. The van der Waals surface area contributed by atoms with Crippen LogP contribution in [0.1, 0.15) is 44.0 Å². The predicted octanol–water partition coefficient (Wildman–Crippen LogP) is 1.33. The Balaban J connectivity index is 2.16. The third-order valence-corrected chi connectivity index (χ3v) is 3.46. The molecule has 0 radical (unpaired) electrons. The third-order valence-electron chi connectivity index (χ3n) is 3.46. The lowest BCUT2D eigenvalue weighted by Gasteiger charge is -2.13. The molecule has 1 aromatic heterocycles. The molecule has 1 aliphatic rings. The molecule has 18 heavy (non-hydrogen) atoms. The van der Waals surface area contributed by atoms with Gasteiger partial charge in [0.05, 0.1) is 18.0 Å². The Morgan fingerprint density at radius 3 is 2.94 bits per heavy atom. The van der Waals surface area contributed by atoms with Gasteiger partial charge in [-0.15, -0.1) is 5.10 Å². The highest BCUT2D eigenvalue weighted by molar-refractivity contribution is 5.17. The average molecular weight is 252 g/mol. The van der Waals surface area contributed by atoms with Gasteiger partial charge in [-0.3, -0.25) is 0 Å². The van der Waals surface area contributed by atoms with Crippen molar-refractivity contribution in [2.24, 2.45) is 11.7 Å². The summed E-state index contributed by atoms with van der Waals surface area (Å²) in [5.41, 5.74) is 7.98.